The maximum atomic E-state index is 6.12. The molecule has 1 atom stereocenters. The van der Waals surface area contributed by atoms with Gasteiger partial charge in [-0.25, -0.2) is 9.97 Å². The number of hydrogen-bond donors (Lipinski definition) is 0. The van der Waals surface area contributed by atoms with Crippen LogP contribution in [-0.2, 0) is 6.42 Å². The Hall–Kier alpha value is -1.61. The third kappa shape index (κ3) is 2.63. The average molecular weight is 289 g/mol. The SMILES string of the molecule is CC(C)c1cc(Cl)nc(C2COc3ccccc3C2)n1. The lowest BCUT2D eigenvalue weighted by atomic mass is 9.96. The van der Waals surface area contributed by atoms with Gasteiger partial charge in [0, 0.05) is 5.69 Å². The average Bonchev–Trinajstić information content (AvgIpc) is 2.46. The summed E-state index contributed by atoms with van der Waals surface area (Å²) in [7, 11) is 0. The lowest BCUT2D eigenvalue weighted by Gasteiger charge is -2.24. The van der Waals surface area contributed by atoms with Crippen molar-refractivity contribution in [3.8, 4) is 5.75 Å². The van der Waals surface area contributed by atoms with Crippen molar-refractivity contribution in [2.75, 3.05) is 6.61 Å². The van der Waals surface area contributed by atoms with Gasteiger partial charge in [-0.3, -0.25) is 0 Å². The molecular weight excluding hydrogens is 272 g/mol. The first-order valence-electron chi connectivity index (χ1n) is 6.88. The van der Waals surface area contributed by atoms with Crippen molar-refractivity contribution in [1.82, 2.24) is 9.97 Å². The van der Waals surface area contributed by atoms with Gasteiger partial charge in [0.05, 0.1) is 12.5 Å². The van der Waals surface area contributed by atoms with Crippen molar-refractivity contribution in [2.24, 2.45) is 0 Å². The summed E-state index contributed by atoms with van der Waals surface area (Å²) in [6.45, 7) is 4.82. The molecule has 4 heteroatoms. The zero-order valence-corrected chi connectivity index (χ0v) is 12.4. The Kier molecular flexibility index (Phi) is 3.62. The van der Waals surface area contributed by atoms with Crippen LogP contribution in [-0.4, -0.2) is 16.6 Å². The van der Waals surface area contributed by atoms with E-state index in [1.165, 1.54) is 5.56 Å². The fraction of sp³-hybridized carbons (Fsp3) is 0.375. The predicted molar refractivity (Wildman–Crippen MR) is 79.5 cm³/mol. The summed E-state index contributed by atoms with van der Waals surface area (Å²) >= 11 is 6.12. The summed E-state index contributed by atoms with van der Waals surface area (Å²) in [6.07, 6.45) is 0.897. The van der Waals surface area contributed by atoms with Crippen molar-refractivity contribution < 1.29 is 4.74 Å². The first kappa shape index (κ1) is 13.4. The Bertz CT molecular complexity index is 628. The molecule has 1 aliphatic rings. The number of benzene rings is 1. The summed E-state index contributed by atoms with van der Waals surface area (Å²) < 4.78 is 5.81. The van der Waals surface area contributed by atoms with E-state index in [0.717, 1.165) is 23.7 Å². The molecule has 0 N–H and O–H groups in total. The van der Waals surface area contributed by atoms with Gasteiger partial charge in [-0.15, -0.1) is 0 Å². The van der Waals surface area contributed by atoms with Gasteiger partial charge < -0.3 is 4.74 Å². The molecule has 0 saturated carbocycles. The molecule has 1 aromatic heterocycles. The quantitative estimate of drug-likeness (QED) is 0.784. The second kappa shape index (κ2) is 5.41. The minimum atomic E-state index is 0.168. The molecule has 1 aromatic carbocycles. The molecule has 104 valence electrons. The highest BCUT2D eigenvalue weighted by Gasteiger charge is 2.24. The third-order valence-electron chi connectivity index (χ3n) is 3.57. The van der Waals surface area contributed by atoms with E-state index in [2.05, 4.69) is 29.9 Å². The number of hydrogen-bond acceptors (Lipinski definition) is 3. The molecule has 0 amide bonds. The van der Waals surface area contributed by atoms with E-state index >= 15 is 0 Å². The summed E-state index contributed by atoms with van der Waals surface area (Å²) in [5.74, 6) is 2.26. The summed E-state index contributed by atoms with van der Waals surface area (Å²) in [5.41, 5.74) is 2.19. The fourth-order valence-electron chi connectivity index (χ4n) is 2.43. The van der Waals surface area contributed by atoms with Crippen molar-refractivity contribution in [2.45, 2.75) is 32.1 Å². The van der Waals surface area contributed by atoms with Crippen molar-refractivity contribution in [3.05, 3.63) is 52.6 Å². The van der Waals surface area contributed by atoms with E-state index in [0.29, 0.717) is 17.7 Å². The Morgan fingerprint density at radius 3 is 2.85 bits per heavy atom. The van der Waals surface area contributed by atoms with Crippen LogP contribution in [0.2, 0.25) is 5.15 Å². The molecule has 2 heterocycles. The highest BCUT2D eigenvalue weighted by molar-refractivity contribution is 6.29. The van der Waals surface area contributed by atoms with E-state index in [1.54, 1.807) is 0 Å². The van der Waals surface area contributed by atoms with Gasteiger partial charge in [0.2, 0.25) is 0 Å². The monoisotopic (exact) mass is 288 g/mol. The first-order valence-corrected chi connectivity index (χ1v) is 7.26. The molecule has 1 unspecified atom stereocenters. The fourth-order valence-corrected chi connectivity index (χ4v) is 2.62. The Labute approximate surface area is 124 Å². The number of rotatable bonds is 2. The third-order valence-corrected chi connectivity index (χ3v) is 3.76. The standard InChI is InChI=1S/C16H17ClN2O/c1-10(2)13-8-15(17)19-16(18-13)12-7-11-5-3-4-6-14(11)20-9-12/h3-6,8,10,12H,7,9H2,1-2H3. The molecule has 0 spiro atoms. The van der Waals surface area contributed by atoms with Crippen LogP contribution in [0.4, 0.5) is 0 Å². The molecule has 0 saturated heterocycles. The van der Waals surface area contributed by atoms with Crippen molar-refractivity contribution >= 4 is 11.6 Å². The van der Waals surface area contributed by atoms with Crippen LogP contribution in [0.1, 0.15) is 42.8 Å². The minimum absolute atomic E-state index is 0.168. The second-order valence-corrected chi connectivity index (χ2v) is 5.84. The van der Waals surface area contributed by atoms with Crippen LogP contribution in [0.5, 0.6) is 5.75 Å². The number of fused-ring (bicyclic) bond motifs is 1. The molecule has 0 aliphatic carbocycles. The maximum Gasteiger partial charge on any atom is 0.137 e. The van der Waals surface area contributed by atoms with Gasteiger partial charge in [-0.1, -0.05) is 43.6 Å². The lowest BCUT2D eigenvalue weighted by Crippen LogP contribution is -2.21. The van der Waals surface area contributed by atoms with Gasteiger partial charge in [0.1, 0.15) is 16.7 Å². The summed E-state index contributed by atoms with van der Waals surface area (Å²) in [6, 6.07) is 9.96. The minimum Gasteiger partial charge on any atom is -0.493 e. The van der Waals surface area contributed by atoms with E-state index in [4.69, 9.17) is 16.3 Å². The van der Waals surface area contributed by atoms with E-state index in [1.807, 2.05) is 24.3 Å². The second-order valence-electron chi connectivity index (χ2n) is 5.45. The highest BCUT2D eigenvalue weighted by atomic mass is 35.5. The zero-order valence-electron chi connectivity index (χ0n) is 11.6. The largest absolute Gasteiger partial charge is 0.493 e. The molecule has 3 rings (SSSR count). The van der Waals surface area contributed by atoms with E-state index in [-0.39, 0.29) is 5.92 Å². The Balaban J connectivity index is 1.91. The van der Waals surface area contributed by atoms with Crippen molar-refractivity contribution in [3.63, 3.8) is 0 Å². The number of ether oxygens (including phenoxy) is 1. The van der Waals surface area contributed by atoms with Gasteiger partial charge in [0.25, 0.3) is 0 Å². The van der Waals surface area contributed by atoms with Crippen LogP contribution in [0.25, 0.3) is 0 Å². The van der Waals surface area contributed by atoms with Crippen molar-refractivity contribution in [1.29, 1.82) is 0 Å². The maximum absolute atomic E-state index is 6.12. The highest BCUT2D eigenvalue weighted by Crippen LogP contribution is 2.31. The predicted octanol–water partition coefficient (Wildman–Crippen LogP) is 3.97. The molecule has 20 heavy (non-hydrogen) atoms. The zero-order chi connectivity index (χ0) is 14.1. The number of para-hydroxylation sites is 1. The van der Waals surface area contributed by atoms with Crippen LogP contribution in [0.3, 0.4) is 0 Å². The van der Waals surface area contributed by atoms with Crippen LogP contribution in [0.15, 0.2) is 30.3 Å². The van der Waals surface area contributed by atoms with E-state index in [9.17, 15) is 0 Å². The molecule has 2 aromatic rings. The van der Waals surface area contributed by atoms with Crippen LogP contribution >= 0.6 is 11.6 Å². The summed E-state index contributed by atoms with van der Waals surface area (Å²) in [4.78, 5) is 9.04. The molecule has 0 fully saturated rings. The van der Waals surface area contributed by atoms with Gasteiger partial charge in [-0.05, 0) is 30.0 Å². The number of aromatic nitrogens is 2. The molecule has 0 bridgehead atoms. The Morgan fingerprint density at radius 2 is 2.05 bits per heavy atom. The first-order chi connectivity index (χ1) is 9.63. The van der Waals surface area contributed by atoms with Crippen LogP contribution in [0, 0.1) is 0 Å². The smallest absolute Gasteiger partial charge is 0.137 e. The number of nitrogens with zero attached hydrogens (tertiary/aromatic N) is 2. The molecule has 0 radical (unpaired) electrons. The van der Waals surface area contributed by atoms with E-state index < -0.39 is 0 Å². The topological polar surface area (TPSA) is 35.0 Å². The normalized spacial score (nSPS) is 17.7. The Morgan fingerprint density at radius 1 is 1.25 bits per heavy atom. The lowest BCUT2D eigenvalue weighted by molar-refractivity contribution is 0.257. The van der Waals surface area contributed by atoms with Gasteiger partial charge in [-0.2, -0.15) is 0 Å². The van der Waals surface area contributed by atoms with Gasteiger partial charge in [0.15, 0.2) is 0 Å². The molecule has 3 nitrogen and oxygen atoms in total. The van der Waals surface area contributed by atoms with Gasteiger partial charge >= 0.3 is 0 Å². The molecule has 1 aliphatic heterocycles. The summed E-state index contributed by atoms with van der Waals surface area (Å²) in [5, 5.41) is 0.512. The molecular formula is C16H17ClN2O. The van der Waals surface area contributed by atoms with Crippen LogP contribution < -0.4 is 4.74 Å². The number of halogens is 1.